The Balaban J connectivity index is 1.51. The van der Waals surface area contributed by atoms with Crippen LogP contribution < -0.4 is 5.73 Å². The van der Waals surface area contributed by atoms with Crippen molar-refractivity contribution < 1.29 is 18.0 Å². The second-order valence-corrected chi connectivity index (χ2v) is 8.09. The Morgan fingerprint density at radius 2 is 1.88 bits per heavy atom. The number of carbonyl (C=O) groups excluding carboxylic acids is 1. The summed E-state index contributed by atoms with van der Waals surface area (Å²) in [6, 6.07) is 9.90. The van der Waals surface area contributed by atoms with Gasteiger partial charge < -0.3 is 10.6 Å². The summed E-state index contributed by atoms with van der Waals surface area (Å²) >= 11 is 0. The molecular weight excluding hydrogens is 419 g/mol. The average Bonchev–Trinajstić information content (AvgIpc) is 3.46. The molecule has 1 aliphatic rings. The van der Waals surface area contributed by atoms with Gasteiger partial charge in [0.2, 0.25) is 0 Å². The summed E-state index contributed by atoms with van der Waals surface area (Å²) in [5.74, 6) is 0.177. The molecule has 0 aliphatic heterocycles. The van der Waals surface area contributed by atoms with E-state index in [0.29, 0.717) is 33.5 Å². The van der Waals surface area contributed by atoms with Crippen molar-refractivity contribution in [2.45, 2.75) is 38.0 Å². The number of anilines is 1. The van der Waals surface area contributed by atoms with Gasteiger partial charge in [-0.2, -0.15) is 13.2 Å². The van der Waals surface area contributed by atoms with Gasteiger partial charge in [0.1, 0.15) is 11.3 Å². The minimum absolute atomic E-state index is 0.0632. The van der Waals surface area contributed by atoms with Crippen molar-refractivity contribution in [3.8, 4) is 0 Å². The molecule has 0 bridgehead atoms. The standard InChI is InChI=1S/C23H20F3N5O/c1-13(14-2-5-16(6-3-14)23(24,25)26)31(17-7-8-17)22(32)15-4-9-18-19(10-15)30-12-28-11-20(30)21(27)29-18/h2-6,9-13,17H,7-8H2,1H3,(H2,27,29). The number of amides is 1. The molecule has 5 rings (SSSR count). The minimum atomic E-state index is -4.39. The summed E-state index contributed by atoms with van der Waals surface area (Å²) in [7, 11) is 0. The molecule has 1 unspecified atom stereocenters. The Morgan fingerprint density at radius 1 is 1.16 bits per heavy atom. The van der Waals surface area contributed by atoms with Crippen LogP contribution in [0.1, 0.15) is 47.3 Å². The molecule has 32 heavy (non-hydrogen) atoms. The van der Waals surface area contributed by atoms with Crippen molar-refractivity contribution in [2.24, 2.45) is 0 Å². The Bertz CT molecular complexity index is 1330. The van der Waals surface area contributed by atoms with Crippen molar-refractivity contribution in [3.05, 3.63) is 71.7 Å². The van der Waals surface area contributed by atoms with Crippen LogP contribution in [0.2, 0.25) is 0 Å². The molecule has 0 radical (unpaired) electrons. The average molecular weight is 439 g/mol. The Labute approximate surface area is 181 Å². The molecule has 1 atom stereocenters. The molecule has 2 N–H and O–H groups in total. The Hall–Kier alpha value is -3.62. The molecule has 4 aromatic rings. The van der Waals surface area contributed by atoms with Crippen LogP contribution in [0.5, 0.6) is 0 Å². The number of nitrogens with zero attached hydrogens (tertiary/aromatic N) is 4. The van der Waals surface area contributed by atoms with Crippen LogP contribution in [0, 0.1) is 0 Å². The largest absolute Gasteiger partial charge is 0.416 e. The van der Waals surface area contributed by atoms with Crippen molar-refractivity contribution in [3.63, 3.8) is 0 Å². The lowest BCUT2D eigenvalue weighted by atomic mass is 10.0. The van der Waals surface area contributed by atoms with E-state index in [1.807, 2.05) is 6.92 Å². The summed E-state index contributed by atoms with van der Waals surface area (Å²) in [6.45, 7) is 1.84. The van der Waals surface area contributed by atoms with Crippen LogP contribution in [-0.2, 0) is 6.18 Å². The van der Waals surface area contributed by atoms with Crippen molar-refractivity contribution in [2.75, 3.05) is 5.73 Å². The summed E-state index contributed by atoms with van der Waals surface area (Å²) in [6.07, 6.45) is 0.574. The summed E-state index contributed by atoms with van der Waals surface area (Å²) in [5.41, 5.74) is 8.41. The number of rotatable bonds is 4. The van der Waals surface area contributed by atoms with E-state index in [-0.39, 0.29) is 18.0 Å². The second kappa shape index (κ2) is 7.22. The van der Waals surface area contributed by atoms with E-state index in [1.54, 1.807) is 40.0 Å². The fourth-order valence-electron chi connectivity index (χ4n) is 4.08. The first-order valence-electron chi connectivity index (χ1n) is 10.2. The number of fused-ring (bicyclic) bond motifs is 3. The van der Waals surface area contributed by atoms with Crippen LogP contribution >= 0.6 is 0 Å². The van der Waals surface area contributed by atoms with Crippen LogP contribution in [0.3, 0.4) is 0 Å². The third kappa shape index (κ3) is 3.43. The Morgan fingerprint density at radius 3 is 2.53 bits per heavy atom. The maximum Gasteiger partial charge on any atom is 0.416 e. The number of nitrogens with two attached hydrogens (primary N) is 1. The topological polar surface area (TPSA) is 76.5 Å². The van der Waals surface area contributed by atoms with Gasteiger partial charge in [0, 0.05) is 11.6 Å². The summed E-state index contributed by atoms with van der Waals surface area (Å²) in [4.78, 5) is 23.8. The summed E-state index contributed by atoms with van der Waals surface area (Å²) < 4.78 is 40.6. The first kappa shape index (κ1) is 20.3. The molecule has 0 spiro atoms. The molecule has 9 heteroatoms. The van der Waals surface area contributed by atoms with Gasteiger partial charge in [-0.05, 0) is 55.7 Å². The lowest BCUT2D eigenvalue weighted by Crippen LogP contribution is -2.35. The highest BCUT2D eigenvalue weighted by Gasteiger charge is 2.37. The number of hydrogen-bond donors (Lipinski definition) is 1. The zero-order valence-corrected chi connectivity index (χ0v) is 17.2. The first-order valence-corrected chi connectivity index (χ1v) is 10.2. The van der Waals surface area contributed by atoms with Crippen molar-refractivity contribution >= 4 is 28.3 Å². The second-order valence-electron chi connectivity index (χ2n) is 8.09. The third-order valence-electron chi connectivity index (χ3n) is 5.94. The monoisotopic (exact) mass is 439 g/mol. The molecule has 0 saturated heterocycles. The number of halogens is 3. The molecule has 164 valence electrons. The van der Waals surface area contributed by atoms with E-state index in [1.165, 1.54) is 12.1 Å². The van der Waals surface area contributed by atoms with E-state index in [2.05, 4.69) is 9.97 Å². The van der Waals surface area contributed by atoms with Crippen molar-refractivity contribution in [1.82, 2.24) is 19.3 Å². The van der Waals surface area contributed by atoms with Crippen LogP contribution in [0.25, 0.3) is 16.6 Å². The van der Waals surface area contributed by atoms with Gasteiger partial charge in [0.15, 0.2) is 0 Å². The third-order valence-corrected chi connectivity index (χ3v) is 5.94. The van der Waals surface area contributed by atoms with E-state index in [4.69, 9.17) is 5.73 Å². The van der Waals surface area contributed by atoms with Gasteiger partial charge in [-0.1, -0.05) is 12.1 Å². The predicted octanol–water partition coefficient (Wildman–Crippen LogP) is 4.85. The highest BCUT2D eigenvalue weighted by atomic mass is 19.4. The van der Waals surface area contributed by atoms with Gasteiger partial charge in [-0.15, -0.1) is 0 Å². The van der Waals surface area contributed by atoms with E-state index in [0.717, 1.165) is 25.0 Å². The van der Waals surface area contributed by atoms with Gasteiger partial charge in [-0.3, -0.25) is 9.20 Å². The SMILES string of the molecule is CC(c1ccc(C(F)(F)F)cc1)N(C(=O)c1ccc2nc(N)c3cncn3c2c1)C1CC1. The lowest BCUT2D eigenvalue weighted by Gasteiger charge is -2.30. The molecule has 1 saturated carbocycles. The number of carbonyl (C=O) groups is 1. The number of benzene rings is 2. The van der Waals surface area contributed by atoms with E-state index >= 15 is 0 Å². The van der Waals surface area contributed by atoms with Crippen LogP contribution in [-0.4, -0.2) is 31.2 Å². The van der Waals surface area contributed by atoms with Crippen molar-refractivity contribution in [1.29, 1.82) is 0 Å². The zero-order chi connectivity index (χ0) is 22.6. The van der Waals surface area contributed by atoms with Crippen LogP contribution in [0.4, 0.5) is 19.0 Å². The quantitative estimate of drug-likeness (QED) is 0.493. The number of hydrogen-bond acceptors (Lipinski definition) is 4. The molecule has 2 aromatic heterocycles. The zero-order valence-electron chi connectivity index (χ0n) is 17.2. The molecular formula is C23H20F3N5O. The lowest BCUT2D eigenvalue weighted by molar-refractivity contribution is -0.137. The van der Waals surface area contributed by atoms with Crippen LogP contribution in [0.15, 0.2) is 55.0 Å². The predicted molar refractivity (Wildman–Crippen MR) is 114 cm³/mol. The fourth-order valence-corrected chi connectivity index (χ4v) is 4.08. The highest BCUT2D eigenvalue weighted by molar-refractivity contribution is 5.98. The van der Waals surface area contributed by atoms with Gasteiger partial charge in [0.05, 0.1) is 35.2 Å². The molecule has 6 nitrogen and oxygen atoms in total. The highest BCUT2D eigenvalue weighted by Crippen LogP contribution is 2.37. The molecule has 2 aromatic carbocycles. The first-order chi connectivity index (χ1) is 15.2. The smallest absolute Gasteiger partial charge is 0.382 e. The van der Waals surface area contributed by atoms with Gasteiger partial charge >= 0.3 is 6.18 Å². The molecule has 2 heterocycles. The number of alkyl halides is 3. The summed E-state index contributed by atoms with van der Waals surface area (Å²) in [5, 5.41) is 0. The van der Waals surface area contributed by atoms with E-state index < -0.39 is 11.7 Å². The maximum absolute atomic E-state index is 13.5. The van der Waals surface area contributed by atoms with E-state index in [9.17, 15) is 18.0 Å². The number of nitrogen functional groups attached to an aromatic ring is 1. The molecule has 1 fully saturated rings. The Kier molecular flexibility index (Phi) is 4.58. The number of imidazole rings is 1. The number of aromatic nitrogens is 3. The van der Waals surface area contributed by atoms with Gasteiger partial charge in [0.25, 0.3) is 5.91 Å². The fraction of sp³-hybridized carbons (Fsp3) is 0.261. The molecule has 1 aliphatic carbocycles. The van der Waals surface area contributed by atoms with Gasteiger partial charge in [-0.25, -0.2) is 9.97 Å². The minimum Gasteiger partial charge on any atom is -0.382 e. The normalized spacial score (nSPS) is 15.2. The maximum atomic E-state index is 13.5. The molecule has 1 amide bonds.